The summed E-state index contributed by atoms with van der Waals surface area (Å²) in [5.41, 5.74) is 2.40. The van der Waals surface area contributed by atoms with Crippen LogP contribution < -0.4 is 15.4 Å². The molecule has 1 aliphatic heterocycles. The summed E-state index contributed by atoms with van der Waals surface area (Å²) < 4.78 is 5.74. The molecule has 0 bridgehead atoms. The zero-order valence-electron chi connectivity index (χ0n) is 12.6. The molecular formula is C18H21N3O. The van der Waals surface area contributed by atoms with E-state index in [0.29, 0.717) is 6.61 Å². The first-order valence-corrected chi connectivity index (χ1v) is 7.68. The van der Waals surface area contributed by atoms with Crippen molar-refractivity contribution in [3.8, 4) is 5.75 Å². The first-order valence-electron chi connectivity index (χ1n) is 7.68. The number of aliphatic imine (C=N–C) groups is 1. The topological polar surface area (TPSA) is 45.6 Å². The quantitative estimate of drug-likeness (QED) is 0.891. The molecule has 2 N–H and O–H groups in total. The maximum absolute atomic E-state index is 5.74. The highest BCUT2D eigenvalue weighted by Crippen LogP contribution is 2.12. The molecule has 1 heterocycles. The second-order valence-electron chi connectivity index (χ2n) is 5.28. The number of nitrogens with zero attached hydrogens (tertiary/aromatic N) is 1. The van der Waals surface area contributed by atoms with E-state index < -0.39 is 0 Å². The van der Waals surface area contributed by atoms with Gasteiger partial charge in [0.2, 0.25) is 0 Å². The van der Waals surface area contributed by atoms with Crippen molar-refractivity contribution in [2.24, 2.45) is 4.99 Å². The van der Waals surface area contributed by atoms with Gasteiger partial charge in [0.15, 0.2) is 5.96 Å². The number of benzene rings is 2. The van der Waals surface area contributed by atoms with E-state index in [-0.39, 0.29) is 0 Å². The molecule has 22 heavy (non-hydrogen) atoms. The van der Waals surface area contributed by atoms with Crippen molar-refractivity contribution in [2.45, 2.75) is 19.6 Å². The molecule has 0 atom stereocenters. The fraction of sp³-hybridized carbons (Fsp3) is 0.278. The van der Waals surface area contributed by atoms with Crippen molar-refractivity contribution < 1.29 is 4.74 Å². The van der Waals surface area contributed by atoms with Crippen LogP contribution in [0.4, 0.5) is 0 Å². The lowest BCUT2D eigenvalue weighted by molar-refractivity contribution is 0.306. The van der Waals surface area contributed by atoms with E-state index in [4.69, 9.17) is 4.74 Å². The molecule has 0 aliphatic carbocycles. The minimum atomic E-state index is 0.589. The van der Waals surface area contributed by atoms with Crippen molar-refractivity contribution in [2.75, 3.05) is 13.1 Å². The van der Waals surface area contributed by atoms with Crippen LogP contribution >= 0.6 is 0 Å². The Morgan fingerprint density at radius 1 is 1.00 bits per heavy atom. The van der Waals surface area contributed by atoms with Gasteiger partial charge in [0.05, 0.1) is 0 Å². The van der Waals surface area contributed by atoms with E-state index in [1.807, 2.05) is 30.3 Å². The van der Waals surface area contributed by atoms with Crippen LogP contribution in [-0.2, 0) is 13.2 Å². The van der Waals surface area contributed by atoms with Crippen LogP contribution in [0.1, 0.15) is 17.5 Å². The predicted octanol–water partition coefficient (Wildman–Crippen LogP) is 2.70. The first kappa shape index (κ1) is 14.4. The van der Waals surface area contributed by atoms with Gasteiger partial charge >= 0.3 is 0 Å². The summed E-state index contributed by atoms with van der Waals surface area (Å²) in [7, 11) is 0. The van der Waals surface area contributed by atoms with Gasteiger partial charge in [-0.1, -0.05) is 42.5 Å². The van der Waals surface area contributed by atoms with Crippen LogP contribution in [0.3, 0.4) is 0 Å². The van der Waals surface area contributed by atoms with Gasteiger partial charge in [-0.3, -0.25) is 4.99 Å². The standard InChI is InChI=1S/C18H21N3O/c1-2-5-17(6-3-1)22-14-16-9-7-15(8-10-16)13-21-18-19-11-4-12-20-18/h1-3,5-10H,4,11-14H2,(H2,19,20,21). The summed E-state index contributed by atoms with van der Waals surface area (Å²) in [5, 5.41) is 6.58. The lowest BCUT2D eigenvalue weighted by Gasteiger charge is -2.16. The summed E-state index contributed by atoms with van der Waals surface area (Å²) in [4.78, 5) is 4.40. The van der Waals surface area contributed by atoms with Crippen LogP contribution in [-0.4, -0.2) is 19.0 Å². The predicted molar refractivity (Wildman–Crippen MR) is 89.0 cm³/mol. The second kappa shape index (κ2) is 7.50. The highest BCUT2D eigenvalue weighted by atomic mass is 16.5. The van der Waals surface area contributed by atoms with Crippen molar-refractivity contribution in [1.82, 2.24) is 10.6 Å². The van der Waals surface area contributed by atoms with Gasteiger partial charge in [-0.15, -0.1) is 0 Å². The largest absolute Gasteiger partial charge is 0.489 e. The van der Waals surface area contributed by atoms with E-state index in [2.05, 4.69) is 39.9 Å². The lowest BCUT2D eigenvalue weighted by atomic mass is 10.1. The van der Waals surface area contributed by atoms with E-state index in [1.165, 1.54) is 11.1 Å². The summed E-state index contributed by atoms with van der Waals surface area (Å²) >= 11 is 0. The molecule has 3 rings (SSSR count). The summed E-state index contributed by atoms with van der Waals surface area (Å²) in [5.74, 6) is 1.80. The van der Waals surface area contributed by atoms with Gasteiger partial charge in [-0.05, 0) is 29.7 Å². The van der Waals surface area contributed by atoms with Crippen LogP contribution in [0, 0.1) is 0 Å². The second-order valence-corrected chi connectivity index (χ2v) is 5.28. The molecule has 2 aromatic carbocycles. The van der Waals surface area contributed by atoms with Crippen molar-refractivity contribution in [3.05, 3.63) is 65.7 Å². The number of hydrogen-bond acceptors (Lipinski definition) is 4. The van der Waals surface area contributed by atoms with E-state index in [1.54, 1.807) is 0 Å². The lowest BCUT2D eigenvalue weighted by Crippen LogP contribution is -2.40. The third-order valence-corrected chi connectivity index (χ3v) is 3.53. The molecule has 0 fully saturated rings. The maximum Gasteiger partial charge on any atom is 0.191 e. The minimum absolute atomic E-state index is 0.589. The molecule has 0 amide bonds. The Balaban J connectivity index is 1.48. The average Bonchev–Trinajstić information content (AvgIpc) is 2.61. The van der Waals surface area contributed by atoms with Crippen LogP contribution in [0.2, 0.25) is 0 Å². The molecular weight excluding hydrogens is 274 g/mol. The van der Waals surface area contributed by atoms with E-state index in [9.17, 15) is 0 Å². The van der Waals surface area contributed by atoms with Crippen molar-refractivity contribution in [1.29, 1.82) is 0 Å². The number of rotatable bonds is 5. The number of guanidine groups is 1. The molecule has 4 heteroatoms. The fourth-order valence-corrected chi connectivity index (χ4v) is 2.27. The Morgan fingerprint density at radius 3 is 2.50 bits per heavy atom. The molecule has 114 valence electrons. The SMILES string of the molecule is c1ccc(OCc2ccc(CNC3=NCCCN3)cc2)cc1. The van der Waals surface area contributed by atoms with Crippen LogP contribution in [0.25, 0.3) is 0 Å². The number of nitrogens with one attached hydrogen (secondary N) is 2. The van der Waals surface area contributed by atoms with Gasteiger partial charge in [0, 0.05) is 19.6 Å². The first-order chi connectivity index (χ1) is 10.9. The van der Waals surface area contributed by atoms with Gasteiger partial charge in [-0.2, -0.15) is 0 Å². The van der Waals surface area contributed by atoms with Gasteiger partial charge < -0.3 is 15.4 Å². The molecule has 1 aliphatic rings. The summed E-state index contributed by atoms with van der Waals surface area (Å²) in [6, 6.07) is 18.3. The minimum Gasteiger partial charge on any atom is -0.489 e. The Labute approximate surface area is 131 Å². The summed E-state index contributed by atoms with van der Waals surface area (Å²) in [6.45, 7) is 3.28. The zero-order valence-corrected chi connectivity index (χ0v) is 12.6. The van der Waals surface area contributed by atoms with E-state index in [0.717, 1.165) is 37.8 Å². The highest BCUT2D eigenvalue weighted by molar-refractivity contribution is 5.80. The number of hydrogen-bond donors (Lipinski definition) is 2. The molecule has 0 saturated heterocycles. The average molecular weight is 295 g/mol. The van der Waals surface area contributed by atoms with Gasteiger partial charge in [0.25, 0.3) is 0 Å². The normalized spacial score (nSPS) is 13.9. The van der Waals surface area contributed by atoms with Gasteiger partial charge in [0.1, 0.15) is 12.4 Å². The fourth-order valence-electron chi connectivity index (χ4n) is 2.27. The number of ether oxygens (including phenoxy) is 1. The van der Waals surface area contributed by atoms with Crippen LogP contribution in [0.15, 0.2) is 59.6 Å². The Hall–Kier alpha value is -2.49. The molecule has 2 aromatic rings. The van der Waals surface area contributed by atoms with Crippen molar-refractivity contribution >= 4 is 5.96 Å². The third-order valence-electron chi connectivity index (χ3n) is 3.53. The molecule has 0 spiro atoms. The molecule has 0 radical (unpaired) electrons. The Morgan fingerprint density at radius 2 is 1.77 bits per heavy atom. The monoisotopic (exact) mass is 295 g/mol. The molecule has 4 nitrogen and oxygen atoms in total. The highest BCUT2D eigenvalue weighted by Gasteiger charge is 2.03. The maximum atomic E-state index is 5.74. The third kappa shape index (κ3) is 4.25. The molecule has 0 saturated carbocycles. The number of para-hydroxylation sites is 1. The summed E-state index contributed by atoms with van der Waals surface area (Å²) in [6.07, 6.45) is 1.11. The van der Waals surface area contributed by atoms with Gasteiger partial charge in [-0.25, -0.2) is 0 Å². The zero-order chi connectivity index (χ0) is 15.0. The van der Waals surface area contributed by atoms with Crippen molar-refractivity contribution in [3.63, 3.8) is 0 Å². The Bertz CT molecular complexity index is 608. The molecule has 0 unspecified atom stereocenters. The Kier molecular flexibility index (Phi) is 4.92. The smallest absolute Gasteiger partial charge is 0.191 e. The molecule has 0 aromatic heterocycles. The van der Waals surface area contributed by atoms with Crippen LogP contribution in [0.5, 0.6) is 5.75 Å². The van der Waals surface area contributed by atoms with E-state index >= 15 is 0 Å².